The minimum absolute atomic E-state index is 0.106. The van der Waals surface area contributed by atoms with Crippen LogP contribution >= 0.6 is 0 Å². The van der Waals surface area contributed by atoms with Crippen molar-refractivity contribution in [2.75, 3.05) is 6.61 Å². The normalized spacial score (nSPS) is 13.9. The molecule has 2 atom stereocenters. The number of amides is 1. The van der Waals surface area contributed by atoms with Crippen molar-refractivity contribution in [1.82, 2.24) is 5.32 Å². The minimum Gasteiger partial charge on any atom is -0.394 e. The van der Waals surface area contributed by atoms with E-state index in [0.29, 0.717) is 6.42 Å². The average Bonchev–Trinajstić information content (AvgIpc) is 2.37. The third kappa shape index (κ3) is 4.85. The smallest absolute Gasteiger partial charge is 0.222 e. The molecule has 1 aromatic carbocycles. The van der Waals surface area contributed by atoms with Gasteiger partial charge in [-0.2, -0.15) is 0 Å². The second-order valence-corrected chi connectivity index (χ2v) is 4.47. The van der Waals surface area contributed by atoms with Crippen LogP contribution in [0, 0.1) is 0 Å². The summed E-state index contributed by atoms with van der Waals surface area (Å²) in [4.78, 5) is 11.8. The van der Waals surface area contributed by atoms with E-state index in [9.17, 15) is 9.90 Å². The molecule has 1 unspecified atom stereocenters. The molecule has 4 N–H and O–H groups in total. The van der Waals surface area contributed by atoms with E-state index in [4.69, 9.17) is 5.73 Å². The van der Waals surface area contributed by atoms with E-state index in [-0.39, 0.29) is 24.6 Å². The van der Waals surface area contributed by atoms with Gasteiger partial charge >= 0.3 is 0 Å². The van der Waals surface area contributed by atoms with Crippen LogP contribution in [0.1, 0.15) is 37.8 Å². The standard InChI is InChI=1S/C14H22N2O2/c1-2-6-12(15)9-14(18)16-13(10-17)11-7-4-3-5-8-11/h3-5,7-8,12-13,17H,2,6,9-10,15H2,1H3,(H,16,18)/t12?,13-/m1/s1. The highest BCUT2D eigenvalue weighted by Gasteiger charge is 2.15. The Morgan fingerprint density at radius 2 is 2.06 bits per heavy atom. The van der Waals surface area contributed by atoms with Crippen LogP contribution in [0.5, 0.6) is 0 Å². The molecule has 0 aliphatic heterocycles. The molecular formula is C14H22N2O2. The summed E-state index contributed by atoms with van der Waals surface area (Å²) in [6.07, 6.45) is 2.11. The van der Waals surface area contributed by atoms with E-state index >= 15 is 0 Å². The molecule has 4 heteroatoms. The van der Waals surface area contributed by atoms with Crippen LogP contribution in [0.2, 0.25) is 0 Å². The number of nitrogens with one attached hydrogen (secondary N) is 1. The van der Waals surface area contributed by atoms with Crippen LogP contribution < -0.4 is 11.1 Å². The predicted octanol–water partition coefficient (Wildman–Crippen LogP) is 1.35. The Morgan fingerprint density at radius 1 is 1.39 bits per heavy atom. The van der Waals surface area contributed by atoms with E-state index in [0.717, 1.165) is 18.4 Å². The van der Waals surface area contributed by atoms with Gasteiger partial charge in [-0.3, -0.25) is 4.79 Å². The van der Waals surface area contributed by atoms with Crippen molar-refractivity contribution in [3.63, 3.8) is 0 Å². The number of aliphatic hydroxyl groups excluding tert-OH is 1. The highest BCUT2D eigenvalue weighted by molar-refractivity contribution is 5.77. The van der Waals surface area contributed by atoms with Gasteiger partial charge in [-0.05, 0) is 12.0 Å². The van der Waals surface area contributed by atoms with Gasteiger partial charge in [0, 0.05) is 12.5 Å². The molecule has 0 saturated heterocycles. The van der Waals surface area contributed by atoms with Gasteiger partial charge in [0.05, 0.1) is 12.6 Å². The first-order chi connectivity index (χ1) is 8.67. The van der Waals surface area contributed by atoms with Crippen LogP contribution in [0.4, 0.5) is 0 Å². The average molecular weight is 250 g/mol. The summed E-state index contributed by atoms with van der Waals surface area (Å²) in [6.45, 7) is 1.93. The third-order valence-electron chi connectivity index (χ3n) is 2.83. The van der Waals surface area contributed by atoms with Crippen molar-refractivity contribution in [2.45, 2.75) is 38.3 Å². The molecule has 0 heterocycles. The first kappa shape index (κ1) is 14.7. The van der Waals surface area contributed by atoms with E-state index in [1.54, 1.807) is 0 Å². The highest BCUT2D eigenvalue weighted by Crippen LogP contribution is 2.12. The van der Waals surface area contributed by atoms with E-state index < -0.39 is 0 Å². The number of hydrogen-bond acceptors (Lipinski definition) is 3. The fourth-order valence-corrected chi connectivity index (χ4v) is 1.88. The van der Waals surface area contributed by atoms with Gasteiger partial charge in [-0.1, -0.05) is 43.7 Å². The molecule has 0 spiro atoms. The Bertz CT molecular complexity index is 354. The molecule has 1 amide bonds. The van der Waals surface area contributed by atoms with Crippen molar-refractivity contribution in [3.05, 3.63) is 35.9 Å². The quantitative estimate of drug-likeness (QED) is 0.684. The van der Waals surface area contributed by atoms with Crippen molar-refractivity contribution in [2.24, 2.45) is 5.73 Å². The first-order valence-electron chi connectivity index (χ1n) is 6.38. The molecule has 0 aromatic heterocycles. The number of hydrogen-bond donors (Lipinski definition) is 3. The summed E-state index contributed by atoms with van der Waals surface area (Å²) in [5, 5.41) is 12.1. The Balaban J connectivity index is 2.51. The molecule has 0 saturated carbocycles. The molecule has 18 heavy (non-hydrogen) atoms. The molecule has 4 nitrogen and oxygen atoms in total. The lowest BCUT2D eigenvalue weighted by Crippen LogP contribution is -2.35. The molecule has 0 aliphatic carbocycles. The number of nitrogens with two attached hydrogens (primary N) is 1. The Kier molecular flexibility index (Phi) is 6.39. The van der Waals surface area contributed by atoms with E-state index in [2.05, 4.69) is 5.32 Å². The first-order valence-corrected chi connectivity index (χ1v) is 6.38. The summed E-state index contributed by atoms with van der Waals surface area (Å²) < 4.78 is 0. The largest absolute Gasteiger partial charge is 0.394 e. The van der Waals surface area contributed by atoms with Gasteiger partial charge in [0.2, 0.25) is 5.91 Å². The molecular weight excluding hydrogens is 228 g/mol. The zero-order chi connectivity index (χ0) is 13.4. The zero-order valence-corrected chi connectivity index (χ0v) is 10.8. The Hall–Kier alpha value is -1.39. The monoisotopic (exact) mass is 250 g/mol. The second-order valence-electron chi connectivity index (χ2n) is 4.47. The predicted molar refractivity (Wildman–Crippen MR) is 71.9 cm³/mol. The lowest BCUT2D eigenvalue weighted by molar-refractivity contribution is -0.122. The number of carbonyl (C=O) groups is 1. The number of rotatable bonds is 7. The summed E-state index contributed by atoms with van der Waals surface area (Å²) in [6, 6.07) is 8.97. The fourth-order valence-electron chi connectivity index (χ4n) is 1.88. The second kappa shape index (κ2) is 7.84. The summed E-state index contributed by atoms with van der Waals surface area (Å²) >= 11 is 0. The van der Waals surface area contributed by atoms with Crippen LogP contribution in [-0.4, -0.2) is 23.7 Å². The lowest BCUT2D eigenvalue weighted by Gasteiger charge is -2.18. The Morgan fingerprint density at radius 3 is 2.61 bits per heavy atom. The maximum atomic E-state index is 11.8. The number of carbonyl (C=O) groups excluding carboxylic acids is 1. The molecule has 1 aromatic rings. The lowest BCUT2D eigenvalue weighted by atomic mass is 10.1. The fraction of sp³-hybridized carbons (Fsp3) is 0.500. The van der Waals surface area contributed by atoms with Gasteiger partial charge < -0.3 is 16.2 Å². The molecule has 0 fully saturated rings. The maximum Gasteiger partial charge on any atom is 0.222 e. The summed E-state index contributed by atoms with van der Waals surface area (Å²) in [5.41, 5.74) is 6.72. The zero-order valence-electron chi connectivity index (χ0n) is 10.8. The van der Waals surface area contributed by atoms with E-state index in [1.807, 2.05) is 37.3 Å². The number of aliphatic hydroxyl groups is 1. The molecule has 0 radical (unpaired) electrons. The van der Waals surface area contributed by atoms with Gasteiger partial charge in [0.1, 0.15) is 0 Å². The van der Waals surface area contributed by atoms with Gasteiger partial charge in [0.25, 0.3) is 0 Å². The molecule has 100 valence electrons. The summed E-state index contributed by atoms with van der Waals surface area (Å²) in [7, 11) is 0. The summed E-state index contributed by atoms with van der Waals surface area (Å²) in [5.74, 6) is -0.112. The maximum absolute atomic E-state index is 11.8. The minimum atomic E-state index is -0.354. The van der Waals surface area contributed by atoms with Crippen molar-refractivity contribution < 1.29 is 9.90 Å². The topological polar surface area (TPSA) is 75.4 Å². The van der Waals surface area contributed by atoms with Crippen LogP contribution in [0.15, 0.2) is 30.3 Å². The highest BCUT2D eigenvalue weighted by atomic mass is 16.3. The molecule has 0 aliphatic rings. The van der Waals surface area contributed by atoms with Crippen LogP contribution in [-0.2, 0) is 4.79 Å². The molecule has 1 rings (SSSR count). The van der Waals surface area contributed by atoms with E-state index in [1.165, 1.54) is 0 Å². The molecule has 0 bridgehead atoms. The van der Waals surface area contributed by atoms with Crippen LogP contribution in [0.3, 0.4) is 0 Å². The Labute approximate surface area is 108 Å². The van der Waals surface area contributed by atoms with Gasteiger partial charge in [-0.25, -0.2) is 0 Å². The van der Waals surface area contributed by atoms with Crippen molar-refractivity contribution in [1.29, 1.82) is 0 Å². The SMILES string of the molecule is CCCC(N)CC(=O)N[C@H](CO)c1ccccc1. The number of benzene rings is 1. The van der Waals surface area contributed by atoms with Gasteiger partial charge in [0.15, 0.2) is 0 Å². The van der Waals surface area contributed by atoms with Gasteiger partial charge in [-0.15, -0.1) is 0 Å². The van der Waals surface area contributed by atoms with Crippen molar-refractivity contribution in [3.8, 4) is 0 Å². The third-order valence-corrected chi connectivity index (χ3v) is 2.83. The van der Waals surface area contributed by atoms with Crippen LogP contribution in [0.25, 0.3) is 0 Å². The van der Waals surface area contributed by atoms with Crippen molar-refractivity contribution >= 4 is 5.91 Å².